The Bertz CT molecular complexity index is 346. The fourth-order valence-electron chi connectivity index (χ4n) is 1.53. The van der Waals surface area contributed by atoms with Crippen molar-refractivity contribution in [2.75, 3.05) is 6.54 Å². The van der Waals surface area contributed by atoms with Crippen LogP contribution in [0.4, 0.5) is 0 Å². The fraction of sp³-hybridized carbons (Fsp3) is 0.636. The molecule has 0 saturated carbocycles. The number of nitrogens with two attached hydrogens (primary N) is 1. The van der Waals surface area contributed by atoms with E-state index in [1.807, 2.05) is 20.2 Å². The van der Waals surface area contributed by atoms with Crippen LogP contribution in [0.5, 0.6) is 0 Å². The van der Waals surface area contributed by atoms with Gasteiger partial charge in [0.1, 0.15) is 0 Å². The summed E-state index contributed by atoms with van der Waals surface area (Å²) in [5.41, 5.74) is 7.39. The first-order chi connectivity index (χ1) is 7.63. The van der Waals surface area contributed by atoms with Crippen molar-refractivity contribution in [2.24, 2.45) is 12.8 Å². The molecule has 1 aromatic rings. The van der Waals surface area contributed by atoms with E-state index in [0.717, 1.165) is 24.1 Å². The summed E-state index contributed by atoms with van der Waals surface area (Å²) in [6.07, 6.45) is 4.24. The number of hydrogen-bond donors (Lipinski definition) is 2. The van der Waals surface area contributed by atoms with E-state index in [1.54, 1.807) is 4.68 Å². The fourth-order valence-corrected chi connectivity index (χ4v) is 1.53. The number of aromatic nitrogens is 2. The Morgan fingerprint density at radius 1 is 1.56 bits per heavy atom. The average molecular weight is 224 g/mol. The zero-order chi connectivity index (χ0) is 12.0. The quantitative estimate of drug-likeness (QED) is 0.690. The van der Waals surface area contributed by atoms with E-state index < -0.39 is 0 Å². The number of hydrogen-bond acceptors (Lipinski definition) is 3. The number of amides is 1. The van der Waals surface area contributed by atoms with Gasteiger partial charge in [0.25, 0.3) is 0 Å². The van der Waals surface area contributed by atoms with Crippen molar-refractivity contribution < 1.29 is 4.79 Å². The van der Waals surface area contributed by atoms with Crippen LogP contribution in [-0.2, 0) is 18.4 Å². The Kier molecular flexibility index (Phi) is 4.98. The number of nitrogens with zero attached hydrogens (tertiary/aromatic N) is 2. The van der Waals surface area contributed by atoms with Crippen molar-refractivity contribution in [2.45, 2.75) is 32.7 Å². The van der Waals surface area contributed by atoms with Gasteiger partial charge in [0.15, 0.2) is 0 Å². The van der Waals surface area contributed by atoms with E-state index in [2.05, 4.69) is 10.4 Å². The zero-order valence-electron chi connectivity index (χ0n) is 9.99. The highest BCUT2D eigenvalue weighted by Crippen LogP contribution is 2.04. The Hall–Kier alpha value is -1.36. The molecule has 0 fully saturated rings. The van der Waals surface area contributed by atoms with Crippen molar-refractivity contribution in [3.05, 3.63) is 17.5 Å². The van der Waals surface area contributed by atoms with Gasteiger partial charge in [-0.2, -0.15) is 5.10 Å². The van der Waals surface area contributed by atoms with E-state index in [9.17, 15) is 4.79 Å². The smallest absolute Gasteiger partial charge is 0.220 e. The number of aryl methyl sites for hydroxylation is 2. The van der Waals surface area contributed by atoms with Crippen LogP contribution >= 0.6 is 0 Å². The topological polar surface area (TPSA) is 72.9 Å². The normalized spacial score (nSPS) is 10.4. The lowest BCUT2D eigenvalue weighted by Crippen LogP contribution is -2.22. The predicted molar refractivity (Wildman–Crippen MR) is 62.7 cm³/mol. The molecule has 90 valence electrons. The summed E-state index contributed by atoms with van der Waals surface area (Å²) < 4.78 is 1.76. The van der Waals surface area contributed by atoms with Crippen LogP contribution in [0.3, 0.4) is 0 Å². The summed E-state index contributed by atoms with van der Waals surface area (Å²) >= 11 is 0. The third-order valence-corrected chi connectivity index (χ3v) is 2.45. The summed E-state index contributed by atoms with van der Waals surface area (Å²) in [6.45, 7) is 3.14. The Morgan fingerprint density at radius 2 is 2.31 bits per heavy atom. The molecule has 5 heteroatoms. The van der Waals surface area contributed by atoms with Crippen molar-refractivity contribution >= 4 is 5.91 Å². The highest BCUT2D eigenvalue weighted by Gasteiger charge is 2.05. The molecular weight excluding hydrogens is 204 g/mol. The van der Waals surface area contributed by atoms with E-state index in [-0.39, 0.29) is 5.91 Å². The van der Waals surface area contributed by atoms with Crippen LogP contribution in [0.25, 0.3) is 0 Å². The number of carbonyl (C=O) groups excluding carboxylic acids is 1. The highest BCUT2D eigenvalue weighted by molar-refractivity contribution is 5.75. The molecule has 0 unspecified atom stereocenters. The highest BCUT2D eigenvalue weighted by atomic mass is 16.1. The van der Waals surface area contributed by atoms with Crippen LogP contribution in [0.1, 0.15) is 30.5 Å². The first-order valence-electron chi connectivity index (χ1n) is 5.59. The van der Waals surface area contributed by atoms with Crippen LogP contribution in [-0.4, -0.2) is 22.2 Å². The molecular formula is C11H20N4O. The first kappa shape index (κ1) is 12.7. The second-order valence-electron chi connectivity index (χ2n) is 3.94. The molecule has 1 aromatic heterocycles. The molecule has 0 saturated heterocycles. The van der Waals surface area contributed by atoms with E-state index >= 15 is 0 Å². The maximum absolute atomic E-state index is 11.4. The van der Waals surface area contributed by atoms with Gasteiger partial charge in [-0.15, -0.1) is 0 Å². The van der Waals surface area contributed by atoms with Crippen molar-refractivity contribution in [1.82, 2.24) is 15.1 Å². The molecule has 0 atom stereocenters. The SMILES string of the molecule is Cc1nn(C)cc1CNC(=O)CCCCN. The number of carbonyl (C=O) groups is 1. The second-order valence-corrected chi connectivity index (χ2v) is 3.94. The maximum atomic E-state index is 11.4. The van der Waals surface area contributed by atoms with Gasteiger partial charge in [-0.25, -0.2) is 0 Å². The summed E-state index contributed by atoms with van der Waals surface area (Å²) in [5.74, 6) is 0.0803. The van der Waals surface area contributed by atoms with Gasteiger partial charge in [0.05, 0.1) is 5.69 Å². The number of rotatable bonds is 6. The van der Waals surface area contributed by atoms with E-state index in [0.29, 0.717) is 19.5 Å². The van der Waals surface area contributed by atoms with Crippen LogP contribution in [0, 0.1) is 6.92 Å². The van der Waals surface area contributed by atoms with E-state index in [1.165, 1.54) is 0 Å². The molecule has 1 amide bonds. The van der Waals surface area contributed by atoms with Crippen molar-refractivity contribution in [3.63, 3.8) is 0 Å². The van der Waals surface area contributed by atoms with Gasteiger partial charge >= 0.3 is 0 Å². The third-order valence-electron chi connectivity index (χ3n) is 2.45. The molecule has 0 aliphatic rings. The van der Waals surface area contributed by atoms with Gasteiger partial charge in [-0.1, -0.05) is 0 Å². The Balaban J connectivity index is 2.29. The summed E-state index contributed by atoms with van der Waals surface area (Å²) in [4.78, 5) is 11.4. The molecule has 0 aliphatic heterocycles. The van der Waals surface area contributed by atoms with Crippen molar-refractivity contribution in [3.8, 4) is 0 Å². The molecule has 1 heterocycles. The molecule has 0 radical (unpaired) electrons. The largest absolute Gasteiger partial charge is 0.352 e. The van der Waals surface area contributed by atoms with Crippen LogP contribution in [0.2, 0.25) is 0 Å². The lowest BCUT2D eigenvalue weighted by Gasteiger charge is -2.03. The average Bonchev–Trinajstić information content (AvgIpc) is 2.55. The molecule has 3 N–H and O–H groups in total. The van der Waals surface area contributed by atoms with Crippen LogP contribution in [0.15, 0.2) is 6.20 Å². The van der Waals surface area contributed by atoms with Gasteiger partial charge in [-0.3, -0.25) is 9.48 Å². The van der Waals surface area contributed by atoms with Gasteiger partial charge in [-0.05, 0) is 26.3 Å². The van der Waals surface area contributed by atoms with Crippen molar-refractivity contribution in [1.29, 1.82) is 0 Å². The molecule has 0 aliphatic carbocycles. The minimum Gasteiger partial charge on any atom is -0.352 e. The molecule has 0 bridgehead atoms. The molecule has 5 nitrogen and oxygen atoms in total. The summed E-state index contributed by atoms with van der Waals surface area (Å²) in [7, 11) is 1.87. The molecule has 1 rings (SSSR count). The third kappa shape index (κ3) is 4.02. The summed E-state index contributed by atoms with van der Waals surface area (Å²) in [6, 6.07) is 0. The van der Waals surface area contributed by atoms with Gasteiger partial charge < -0.3 is 11.1 Å². The van der Waals surface area contributed by atoms with Gasteiger partial charge in [0, 0.05) is 31.8 Å². The molecule has 0 spiro atoms. The second kappa shape index (κ2) is 6.27. The zero-order valence-corrected chi connectivity index (χ0v) is 9.99. The molecule has 16 heavy (non-hydrogen) atoms. The molecule has 0 aromatic carbocycles. The van der Waals surface area contributed by atoms with Crippen LogP contribution < -0.4 is 11.1 Å². The minimum atomic E-state index is 0.0803. The first-order valence-corrected chi connectivity index (χ1v) is 5.59. The number of unbranched alkanes of at least 4 members (excludes halogenated alkanes) is 1. The maximum Gasteiger partial charge on any atom is 0.220 e. The van der Waals surface area contributed by atoms with E-state index in [4.69, 9.17) is 5.73 Å². The monoisotopic (exact) mass is 224 g/mol. The lowest BCUT2D eigenvalue weighted by atomic mass is 10.2. The Labute approximate surface area is 96.0 Å². The Morgan fingerprint density at radius 3 is 2.88 bits per heavy atom. The standard InChI is InChI=1S/C11H20N4O/c1-9-10(8-15(2)14-9)7-13-11(16)5-3-4-6-12/h8H,3-7,12H2,1-2H3,(H,13,16). The number of nitrogens with one attached hydrogen (secondary N) is 1. The predicted octanol–water partition coefficient (Wildman–Crippen LogP) is 0.474. The minimum absolute atomic E-state index is 0.0803. The lowest BCUT2D eigenvalue weighted by molar-refractivity contribution is -0.121. The summed E-state index contributed by atoms with van der Waals surface area (Å²) in [5, 5.41) is 7.09. The van der Waals surface area contributed by atoms with Gasteiger partial charge in [0.2, 0.25) is 5.91 Å².